The molecule has 2 amide bonds. The third-order valence-electron chi connectivity index (χ3n) is 3.91. The second-order valence-electron chi connectivity index (χ2n) is 7.33. The number of aliphatic carboxylic acids is 1. The predicted molar refractivity (Wildman–Crippen MR) is 97.7 cm³/mol. The summed E-state index contributed by atoms with van der Waals surface area (Å²) in [5.74, 6) is -1.38. The summed E-state index contributed by atoms with van der Waals surface area (Å²) in [6.07, 6.45) is 0.0954. The zero-order valence-electron chi connectivity index (χ0n) is 15.9. The van der Waals surface area contributed by atoms with Crippen molar-refractivity contribution in [3.05, 3.63) is 0 Å². The van der Waals surface area contributed by atoms with Gasteiger partial charge in [0.05, 0.1) is 6.10 Å². The van der Waals surface area contributed by atoms with Crippen molar-refractivity contribution >= 4 is 29.7 Å². The SMILES string of the molecule is CC(C)OC(=O)N[C@H](C(=O)N1CCC[C@H]1C(=O)O)C(C)(C)SC(C)C. The average molecular weight is 375 g/mol. The van der Waals surface area contributed by atoms with E-state index in [4.69, 9.17) is 4.74 Å². The largest absolute Gasteiger partial charge is 0.480 e. The minimum absolute atomic E-state index is 0.238. The predicted octanol–water partition coefficient (Wildman–Crippen LogP) is 2.49. The normalized spacial score (nSPS) is 19.2. The van der Waals surface area contributed by atoms with Crippen LogP contribution in [0.3, 0.4) is 0 Å². The maximum absolute atomic E-state index is 13.1. The maximum atomic E-state index is 13.1. The topological polar surface area (TPSA) is 95.9 Å². The molecule has 0 spiro atoms. The molecule has 0 bridgehead atoms. The smallest absolute Gasteiger partial charge is 0.408 e. The summed E-state index contributed by atoms with van der Waals surface area (Å²) in [4.78, 5) is 38.0. The van der Waals surface area contributed by atoms with E-state index in [2.05, 4.69) is 5.32 Å². The van der Waals surface area contributed by atoms with E-state index in [9.17, 15) is 19.5 Å². The first-order valence-corrected chi connectivity index (χ1v) is 9.52. The highest BCUT2D eigenvalue weighted by atomic mass is 32.2. The zero-order valence-corrected chi connectivity index (χ0v) is 16.7. The lowest BCUT2D eigenvalue weighted by molar-refractivity contribution is -0.149. The lowest BCUT2D eigenvalue weighted by Crippen LogP contribution is -2.59. The fourth-order valence-corrected chi connectivity index (χ4v) is 4.54. The van der Waals surface area contributed by atoms with E-state index in [1.54, 1.807) is 25.6 Å². The van der Waals surface area contributed by atoms with Crippen LogP contribution in [0.25, 0.3) is 0 Å². The summed E-state index contributed by atoms with van der Waals surface area (Å²) in [7, 11) is 0. The Bertz CT molecular complexity index is 507. The van der Waals surface area contributed by atoms with Gasteiger partial charge in [-0.2, -0.15) is 11.8 Å². The number of thioether (sulfide) groups is 1. The summed E-state index contributed by atoms with van der Waals surface area (Å²) < 4.78 is 4.50. The molecule has 1 fully saturated rings. The highest BCUT2D eigenvalue weighted by Crippen LogP contribution is 2.34. The number of rotatable bonds is 7. The molecule has 144 valence electrons. The number of hydrogen-bond donors (Lipinski definition) is 2. The van der Waals surface area contributed by atoms with Crippen molar-refractivity contribution < 1.29 is 24.2 Å². The van der Waals surface area contributed by atoms with Gasteiger partial charge in [0.1, 0.15) is 12.1 Å². The minimum atomic E-state index is -1.01. The highest BCUT2D eigenvalue weighted by Gasteiger charge is 2.44. The van der Waals surface area contributed by atoms with Crippen molar-refractivity contribution in [3.63, 3.8) is 0 Å². The lowest BCUT2D eigenvalue weighted by atomic mass is 10.0. The molecule has 0 radical (unpaired) electrons. The van der Waals surface area contributed by atoms with Gasteiger partial charge in [-0.05, 0) is 45.8 Å². The third kappa shape index (κ3) is 6.09. The van der Waals surface area contributed by atoms with Crippen LogP contribution in [0.4, 0.5) is 4.79 Å². The lowest BCUT2D eigenvalue weighted by Gasteiger charge is -2.37. The number of carboxylic acid groups (broad SMARTS) is 1. The number of hydrogen-bond acceptors (Lipinski definition) is 5. The van der Waals surface area contributed by atoms with Gasteiger partial charge in [-0.1, -0.05) is 13.8 Å². The molecule has 0 aliphatic carbocycles. The van der Waals surface area contributed by atoms with Gasteiger partial charge in [0.2, 0.25) is 5.91 Å². The average Bonchev–Trinajstić information content (AvgIpc) is 2.91. The van der Waals surface area contributed by atoms with Crippen LogP contribution in [0.1, 0.15) is 54.4 Å². The van der Waals surface area contributed by atoms with Crippen molar-refractivity contribution in [3.8, 4) is 0 Å². The molecule has 2 atom stereocenters. The number of ether oxygens (including phenoxy) is 1. The van der Waals surface area contributed by atoms with Crippen LogP contribution in [0.15, 0.2) is 0 Å². The number of carbonyl (C=O) groups is 3. The first-order valence-electron chi connectivity index (χ1n) is 8.64. The molecule has 0 aromatic heterocycles. The van der Waals surface area contributed by atoms with Gasteiger partial charge in [0, 0.05) is 11.3 Å². The molecule has 1 rings (SSSR count). The Balaban J connectivity index is 3.05. The van der Waals surface area contributed by atoms with Crippen molar-refractivity contribution in [1.29, 1.82) is 0 Å². The Morgan fingerprint density at radius 3 is 2.32 bits per heavy atom. The van der Waals surface area contributed by atoms with E-state index >= 15 is 0 Å². The molecule has 1 saturated heterocycles. The van der Waals surface area contributed by atoms with Crippen molar-refractivity contribution in [2.75, 3.05) is 6.54 Å². The molecule has 2 N–H and O–H groups in total. The number of likely N-dealkylation sites (tertiary alicyclic amines) is 1. The van der Waals surface area contributed by atoms with Gasteiger partial charge in [-0.3, -0.25) is 4.79 Å². The Morgan fingerprint density at radius 2 is 1.84 bits per heavy atom. The molecule has 0 saturated carbocycles. The first kappa shape index (κ1) is 21.6. The molecular weight excluding hydrogens is 344 g/mol. The summed E-state index contributed by atoms with van der Waals surface area (Å²) >= 11 is 1.56. The fraction of sp³-hybridized carbons (Fsp3) is 0.824. The van der Waals surface area contributed by atoms with E-state index in [1.807, 2.05) is 27.7 Å². The molecule has 25 heavy (non-hydrogen) atoms. The van der Waals surface area contributed by atoms with Crippen molar-refractivity contribution in [2.24, 2.45) is 0 Å². The Morgan fingerprint density at radius 1 is 1.24 bits per heavy atom. The number of carbonyl (C=O) groups excluding carboxylic acids is 2. The molecular formula is C17H30N2O5S. The number of nitrogens with one attached hydrogen (secondary N) is 1. The Hall–Kier alpha value is -1.44. The summed E-state index contributed by atoms with van der Waals surface area (Å²) in [6.45, 7) is 11.6. The number of carboxylic acids is 1. The van der Waals surface area contributed by atoms with Gasteiger partial charge < -0.3 is 20.1 Å². The molecule has 0 aromatic rings. The molecule has 1 heterocycles. The molecule has 0 aromatic carbocycles. The van der Waals surface area contributed by atoms with Gasteiger partial charge in [-0.15, -0.1) is 0 Å². The highest BCUT2D eigenvalue weighted by molar-refractivity contribution is 8.01. The molecule has 1 aliphatic rings. The van der Waals surface area contributed by atoms with Crippen LogP contribution >= 0.6 is 11.8 Å². The maximum Gasteiger partial charge on any atom is 0.408 e. The summed E-state index contributed by atoms with van der Waals surface area (Å²) in [5.41, 5.74) is 0. The van der Waals surface area contributed by atoms with Gasteiger partial charge in [-0.25, -0.2) is 9.59 Å². The van der Waals surface area contributed by atoms with Gasteiger partial charge >= 0.3 is 12.1 Å². The van der Waals surface area contributed by atoms with Crippen molar-refractivity contribution in [1.82, 2.24) is 10.2 Å². The van der Waals surface area contributed by atoms with Gasteiger partial charge in [0.15, 0.2) is 0 Å². The zero-order chi connectivity index (χ0) is 19.4. The fourth-order valence-electron chi connectivity index (χ4n) is 3.03. The summed E-state index contributed by atoms with van der Waals surface area (Å²) in [6, 6.07) is -1.70. The quantitative estimate of drug-likeness (QED) is 0.711. The second kappa shape index (κ2) is 8.78. The Labute approximate surface area is 153 Å². The standard InChI is InChI=1S/C17H30N2O5S/c1-10(2)24-16(23)18-13(17(5,6)25-11(3)4)14(20)19-9-7-8-12(19)15(21)22/h10-13H,7-9H2,1-6H3,(H,18,23)(H,21,22)/t12-,13+/m0/s1. The second-order valence-corrected chi connectivity index (χ2v) is 9.56. The monoisotopic (exact) mass is 374 g/mol. The molecule has 8 heteroatoms. The van der Waals surface area contributed by atoms with Crippen LogP contribution in [0.5, 0.6) is 0 Å². The van der Waals surface area contributed by atoms with E-state index < -0.39 is 28.9 Å². The Kier molecular flexibility index (Phi) is 7.59. The van der Waals surface area contributed by atoms with Crippen LogP contribution in [0.2, 0.25) is 0 Å². The van der Waals surface area contributed by atoms with Crippen LogP contribution in [-0.4, -0.2) is 62.7 Å². The van der Waals surface area contributed by atoms with E-state index in [1.165, 1.54) is 4.90 Å². The van der Waals surface area contributed by atoms with Gasteiger partial charge in [0.25, 0.3) is 0 Å². The third-order valence-corrected chi connectivity index (χ3v) is 5.22. The first-order chi connectivity index (χ1) is 11.5. The van der Waals surface area contributed by atoms with Crippen molar-refractivity contribution in [2.45, 2.75) is 82.6 Å². The summed E-state index contributed by atoms with van der Waals surface area (Å²) in [5, 5.41) is 12.3. The minimum Gasteiger partial charge on any atom is -0.480 e. The van der Waals surface area contributed by atoms with E-state index in [-0.39, 0.29) is 17.3 Å². The number of amides is 2. The van der Waals surface area contributed by atoms with Crippen LogP contribution < -0.4 is 5.32 Å². The molecule has 1 aliphatic heterocycles. The molecule has 7 nitrogen and oxygen atoms in total. The van der Waals surface area contributed by atoms with Crippen LogP contribution in [-0.2, 0) is 14.3 Å². The molecule has 0 unspecified atom stereocenters. The van der Waals surface area contributed by atoms with E-state index in [0.29, 0.717) is 19.4 Å². The van der Waals surface area contributed by atoms with Crippen LogP contribution in [0, 0.1) is 0 Å². The van der Waals surface area contributed by atoms with E-state index in [0.717, 1.165) is 0 Å². The number of nitrogens with zero attached hydrogens (tertiary/aromatic N) is 1. The number of alkyl carbamates (subject to hydrolysis) is 1.